The van der Waals surface area contributed by atoms with Gasteiger partial charge < -0.3 is 9.88 Å². The molecule has 0 bridgehead atoms. The smallest absolute Gasteiger partial charge is 0.251 e. The number of aromatic nitrogens is 2. The van der Waals surface area contributed by atoms with Crippen molar-refractivity contribution in [2.24, 2.45) is 0 Å². The predicted octanol–water partition coefficient (Wildman–Crippen LogP) is 3.99. The zero-order valence-corrected chi connectivity index (χ0v) is 19.3. The number of sulfonamides is 1. The topological polar surface area (TPSA) is 93.1 Å². The summed E-state index contributed by atoms with van der Waals surface area (Å²) < 4.78 is 30.1. The molecule has 170 valence electrons. The third kappa shape index (κ3) is 5.60. The highest BCUT2D eigenvalue weighted by atomic mass is 35.5. The van der Waals surface area contributed by atoms with Crippen LogP contribution in [0.15, 0.2) is 84.0 Å². The number of imidazole rings is 1. The summed E-state index contributed by atoms with van der Waals surface area (Å²) in [5, 5.41) is 2.89. The Balaban J connectivity index is 1.36. The molecule has 0 aliphatic heterocycles. The molecule has 0 aliphatic carbocycles. The average molecular weight is 483 g/mol. The lowest BCUT2D eigenvalue weighted by atomic mass is 10.2. The van der Waals surface area contributed by atoms with E-state index in [0.29, 0.717) is 19.5 Å². The number of hydrogen-bond acceptors (Lipinski definition) is 4. The molecule has 0 unspecified atom stereocenters. The van der Waals surface area contributed by atoms with Gasteiger partial charge in [0.25, 0.3) is 5.91 Å². The lowest BCUT2D eigenvalue weighted by Gasteiger charge is -2.11. The second-order valence-electron chi connectivity index (χ2n) is 7.49. The Labute approximate surface area is 197 Å². The molecule has 0 saturated heterocycles. The van der Waals surface area contributed by atoms with Crippen molar-refractivity contribution in [1.82, 2.24) is 19.6 Å². The van der Waals surface area contributed by atoms with E-state index in [1.807, 2.05) is 59.2 Å². The summed E-state index contributed by atoms with van der Waals surface area (Å²) >= 11 is 6.14. The number of aryl methyl sites for hydroxylation is 1. The molecule has 9 heteroatoms. The van der Waals surface area contributed by atoms with Crippen LogP contribution in [0.25, 0.3) is 11.0 Å². The van der Waals surface area contributed by atoms with Crippen molar-refractivity contribution in [3.8, 4) is 0 Å². The number of amides is 1. The van der Waals surface area contributed by atoms with Gasteiger partial charge in [-0.25, -0.2) is 18.1 Å². The number of nitrogens with zero attached hydrogens (tertiary/aromatic N) is 2. The zero-order valence-electron chi connectivity index (χ0n) is 17.7. The van der Waals surface area contributed by atoms with Gasteiger partial charge in [-0.15, -0.1) is 0 Å². The van der Waals surface area contributed by atoms with Crippen molar-refractivity contribution in [3.05, 3.63) is 95.3 Å². The number of benzene rings is 3. The fourth-order valence-electron chi connectivity index (χ4n) is 3.44. The van der Waals surface area contributed by atoms with Crippen LogP contribution in [0.3, 0.4) is 0 Å². The van der Waals surface area contributed by atoms with Gasteiger partial charge >= 0.3 is 0 Å². The molecule has 1 aromatic heterocycles. The van der Waals surface area contributed by atoms with E-state index >= 15 is 0 Å². The van der Waals surface area contributed by atoms with Gasteiger partial charge in [0, 0.05) is 25.2 Å². The first-order valence-electron chi connectivity index (χ1n) is 10.5. The van der Waals surface area contributed by atoms with E-state index in [1.165, 1.54) is 18.2 Å². The maximum absolute atomic E-state index is 12.8. The van der Waals surface area contributed by atoms with Crippen LogP contribution >= 0.6 is 11.6 Å². The summed E-state index contributed by atoms with van der Waals surface area (Å²) in [7, 11) is -3.89. The van der Waals surface area contributed by atoms with Crippen LogP contribution < -0.4 is 10.0 Å². The van der Waals surface area contributed by atoms with Gasteiger partial charge in [-0.2, -0.15) is 0 Å². The molecule has 3 aromatic carbocycles. The van der Waals surface area contributed by atoms with Gasteiger partial charge in [-0.05, 0) is 42.3 Å². The van der Waals surface area contributed by atoms with Gasteiger partial charge in [0.2, 0.25) is 10.0 Å². The summed E-state index contributed by atoms with van der Waals surface area (Å²) in [6.45, 7) is 1.26. The van der Waals surface area contributed by atoms with E-state index in [9.17, 15) is 13.2 Å². The molecule has 1 heterocycles. The predicted molar refractivity (Wildman–Crippen MR) is 129 cm³/mol. The average Bonchev–Trinajstić information content (AvgIpc) is 3.24. The molecule has 0 saturated carbocycles. The molecule has 7 nitrogen and oxygen atoms in total. The summed E-state index contributed by atoms with van der Waals surface area (Å²) in [4.78, 5) is 16.8. The minimum atomic E-state index is -3.89. The fraction of sp³-hybridized carbons (Fsp3) is 0.167. The van der Waals surface area contributed by atoms with Crippen LogP contribution in [-0.2, 0) is 23.1 Å². The number of halogens is 1. The van der Waals surface area contributed by atoms with Crippen LogP contribution in [0.4, 0.5) is 0 Å². The lowest BCUT2D eigenvalue weighted by Crippen LogP contribution is -2.27. The summed E-state index contributed by atoms with van der Waals surface area (Å²) in [6, 6.07) is 21.2. The highest BCUT2D eigenvalue weighted by Gasteiger charge is 2.20. The standard InChI is InChI=1S/C24H23ClN4O3S/c25-20-12-11-19(15-23(20)33(31,32)28-16-18-7-2-1-3-8-18)24(30)26-13-6-14-29-17-27-21-9-4-5-10-22(21)29/h1-5,7-12,15,17,28H,6,13-14,16H2,(H,26,30). The SMILES string of the molecule is O=C(NCCCn1cnc2ccccc21)c1ccc(Cl)c(S(=O)(=O)NCc2ccccc2)c1. The minimum Gasteiger partial charge on any atom is -0.352 e. The van der Waals surface area contributed by atoms with E-state index in [0.717, 1.165) is 16.6 Å². The monoisotopic (exact) mass is 482 g/mol. The second kappa shape index (κ2) is 10.2. The summed E-state index contributed by atoms with van der Waals surface area (Å²) in [5.41, 5.74) is 3.01. The van der Waals surface area contributed by atoms with Crippen molar-refractivity contribution in [3.63, 3.8) is 0 Å². The van der Waals surface area contributed by atoms with Gasteiger partial charge in [-0.1, -0.05) is 54.1 Å². The number of nitrogens with one attached hydrogen (secondary N) is 2. The lowest BCUT2D eigenvalue weighted by molar-refractivity contribution is 0.0952. The van der Waals surface area contributed by atoms with Crippen molar-refractivity contribution in [2.45, 2.75) is 24.4 Å². The first-order chi connectivity index (χ1) is 15.9. The molecule has 0 spiro atoms. The van der Waals surface area contributed by atoms with Crippen molar-refractivity contribution in [2.75, 3.05) is 6.54 Å². The van der Waals surface area contributed by atoms with E-state index < -0.39 is 10.0 Å². The molecule has 0 fully saturated rings. The number of carbonyl (C=O) groups is 1. The van der Waals surface area contributed by atoms with Crippen molar-refractivity contribution in [1.29, 1.82) is 0 Å². The van der Waals surface area contributed by atoms with E-state index in [1.54, 1.807) is 6.33 Å². The Hall–Kier alpha value is -3.20. The molecule has 1 amide bonds. The third-order valence-electron chi connectivity index (χ3n) is 5.18. The molecule has 33 heavy (non-hydrogen) atoms. The van der Waals surface area contributed by atoms with Gasteiger partial charge in [0.15, 0.2) is 0 Å². The number of para-hydroxylation sites is 2. The molecular weight excluding hydrogens is 460 g/mol. The van der Waals surface area contributed by atoms with Crippen molar-refractivity contribution >= 4 is 38.6 Å². The molecule has 0 radical (unpaired) electrons. The highest BCUT2D eigenvalue weighted by Crippen LogP contribution is 2.23. The Morgan fingerprint density at radius 3 is 2.58 bits per heavy atom. The highest BCUT2D eigenvalue weighted by molar-refractivity contribution is 7.89. The molecular formula is C24H23ClN4O3S. The van der Waals surface area contributed by atoms with Gasteiger partial charge in [0.05, 0.1) is 22.4 Å². The molecule has 4 aromatic rings. The first-order valence-corrected chi connectivity index (χ1v) is 12.3. The van der Waals surface area contributed by atoms with E-state index in [2.05, 4.69) is 15.0 Å². The van der Waals surface area contributed by atoms with Crippen molar-refractivity contribution < 1.29 is 13.2 Å². The Kier molecular flexibility index (Phi) is 7.08. The normalized spacial score (nSPS) is 11.5. The quantitative estimate of drug-likeness (QED) is 0.353. The third-order valence-corrected chi connectivity index (χ3v) is 7.06. The first kappa shape index (κ1) is 23.0. The van der Waals surface area contributed by atoms with E-state index in [4.69, 9.17) is 11.6 Å². The second-order valence-corrected chi connectivity index (χ2v) is 9.63. The van der Waals surface area contributed by atoms with Gasteiger partial charge in [0.1, 0.15) is 4.90 Å². The number of rotatable bonds is 9. The fourth-order valence-corrected chi connectivity index (χ4v) is 4.99. The molecule has 0 aliphatic rings. The minimum absolute atomic E-state index is 0.0547. The van der Waals surface area contributed by atoms with Gasteiger partial charge in [-0.3, -0.25) is 4.79 Å². The Bertz CT molecular complexity index is 1370. The van der Waals surface area contributed by atoms with Crippen LogP contribution in [0.5, 0.6) is 0 Å². The summed E-state index contributed by atoms with van der Waals surface area (Å²) in [5.74, 6) is -0.360. The van der Waals surface area contributed by atoms with Crippen LogP contribution in [0, 0.1) is 0 Å². The van der Waals surface area contributed by atoms with Crippen LogP contribution in [0.1, 0.15) is 22.3 Å². The molecule has 0 atom stereocenters. The Morgan fingerprint density at radius 2 is 1.76 bits per heavy atom. The summed E-state index contributed by atoms with van der Waals surface area (Å²) in [6.07, 6.45) is 2.48. The maximum Gasteiger partial charge on any atom is 0.251 e. The zero-order chi connectivity index (χ0) is 23.3. The largest absolute Gasteiger partial charge is 0.352 e. The Morgan fingerprint density at radius 1 is 1.00 bits per heavy atom. The number of carbonyl (C=O) groups excluding carboxylic acids is 1. The maximum atomic E-state index is 12.8. The number of hydrogen-bond donors (Lipinski definition) is 2. The molecule has 4 rings (SSSR count). The van der Waals surface area contributed by atoms with Crippen LogP contribution in [-0.4, -0.2) is 30.4 Å². The molecule has 2 N–H and O–H groups in total. The number of fused-ring (bicyclic) bond motifs is 1. The van der Waals surface area contributed by atoms with Crippen LogP contribution in [0.2, 0.25) is 5.02 Å². The van der Waals surface area contributed by atoms with E-state index in [-0.39, 0.29) is 27.9 Å².